The predicted octanol–water partition coefficient (Wildman–Crippen LogP) is 1.71. The molecule has 7 heteroatoms. The molecule has 1 aromatic carbocycles. The number of aliphatic hydroxyl groups excluding tert-OH is 1. The topological polar surface area (TPSA) is 98.7 Å². The van der Waals surface area contributed by atoms with E-state index in [1.54, 1.807) is 18.2 Å². The van der Waals surface area contributed by atoms with Crippen LogP contribution in [-0.2, 0) is 4.79 Å². The zero-order chi connectivity index (χ0) is 14.4. The number of hydrogen-bond acceptors (Lipinski definition) is 3. The fourth-order valence-corrected chi connectivity index (χ4v) is 1.68. The zero-order valence-electron chi connectivity index (χ0n) is 10.3. The van der Waals surface area contributed by atoms with Gasteiger partial charge in [-0.05, 0) is 30.7 Å². The van der Waals surface area contributed by atoms with E-state index in [2.05, 4.69) is 26.6 Å². The van der Waals surface area contributed by atoms with Gasteiger partial charge < -0.3 is 20.8 Å². The maximum atomic E-state index is 11.6. The van der Waals surface area contributed by atoms with Crippen LogP contribution < -0.4 is 10.6 Å². The van der Waals surface area contributed by atoms with E-state index in [0.717, 1.165) is 10.0 Å². The lowest BCUT2D eigenvalue weighted by atomic mass is 10.2. The number of carbonyl (C=O) groups is 2. The molecule has 0 fully saturated rings. The minimum atomic E-state index is -1.18. The second kappa shape index (κ2) is 7.10. The Kier molecular flexibility index (Phi) is 5.78. The Bertz CT molecular complexity index is 479. The number of urea groups is 1. The average molecular weight is 331 g/mol. The van der Waals surface area contributed by atoms with Gasteiger partial charge in [-0.15, -0.1) is 0 Å². The molecule has 0 saturated carbocycles. The van der Waals surface area contributed by atoms with Gasteiger partial charge in [0.1, 0.15) is 6.04 Å². The molecule has 4 N–H and O–H groups in total. The summed E-state index contributed by atoms with van der Waals surface area (Å²) >= 11 is 3.34. The molecular weight excluding hydrogens is 316 g/mol. The third kappa shape index (κ3) is 4.88. The highest BCUT2D eigenvalue weighted by Gasteiger charge is 2.19. The van der Waals surface area contributed by atoms with Crippen molar-refractivity contribution in [2.75, 3.05) is 11.9 Å². The van der Waals surface area contributed by atoms with Crippen LogP contribution in [0.5, 0.6) is 0 Å². The molecule has 0 aliphatic carbocycles. The summed E-state index contributed by atoms with van der Waals surface area (Å²) in [5.41, 5.74) is 1.51. The number of anilines is 1. The van der Waals surface area contributed by atoms with Gasteiger partial charge in [-0.1, -0.05) is 15.9 Å². The number of benzene rings is 1. The highest BCUT2D eigenvalue weighted by atomic mass is 79.9. The van der Waals surface area contributed by atoms with E-state index in [1.807, 2.05) is 6.92 Å². The molecule has 0 saturated heterocycles. The maximum absolute atomic E-state index is 11.6. The highest BCUT2D eigenvalue weighted by molar-refractivity contribution is 9.10. The number of halogens is 1. The van der Waals surface area contributed by atoms with E-state index in [1.165, 1.54) is 0 Å². The van der Waals surface area contributed by atoms with Crippen LogP contribution in [-0.4, -0.2) is 34.9 Å². The number of aliphatic carboxylic acids is 1. The van der Waals surface area contributed by atoms with Gasteiger partial charge in [0.2, 0.25) is 0 Å². The molecule has 19 heavy (non-hydrogen) atoms. The molecule has 0 spiro atoms. The summed E-state index contributed by atoms with van der Waals surface area (Å²) in [6.45, 7) is 1.56. The summed E-state index contributed by atoms with van der Waals surface area (Å²) in [6.07, 6.45) is -0.0396. The van der Waals surface area contributed by atoms with Gasteiger partial charge in [-0.2, -0.15) is 0 Å². The van der Waals surface area contributed by atoms with Crippen molar-refractivity contribution in [1.82, 2.24) is 5.32 Å². The first-order valence-corrected chi connectivity index (χ1v) is 6.40. The Morgan fingerprint density at radius 2 is 2.11 bits per heavy atom. The molecule has 0 unspecified atom stereocenters. The smallest absolute Gasteiger partial charge is 0.326 e. The van der Waals surface area contributed by atoms with E-state index in [0.29, 0.717) is 5.69 Å². The van der Waals surface area contributed by atoms with Gasteiger partial charge in [0, 0.05) is 23.2 Å². The van der Waals surface area contributed by atoms with Crippen molar-refractivity contribution in [1.29, 1.82) is 0 Å². The van der Waals surface area contributed by atoms with E-state index in [-0.39, 0.29) is 13.0 Å². The summed E-state index contributed by atoms with van der Waals surface area (Å²) in [5, 5.41) is 22.4. The van der Waals surface area contributed by atoms with Gasteiger partial charge in [0.15, 0.2) is 0 Å². The second-order valence-corrected chi connectivity index (χ2v) is 4.82. The third-order valence-electron chi connectivity index (χ3n) is 2.44. The number of carbonyl (C=O) groups excluding carboxylic acids is 1. The van der Waals surface area contributed by atoms with Crippen LogP contribution in [0.4, 0.5) is 10.5 Å². The van der Waals surface area contributed by atoms with Gasteiger partial charge in [-0.3, -0.25) is 0 Å². The summed E-state index contributed by atoms with van der Waals surface area (Å²) in [7, 11) is 0. The van der Waals surface area contributed by atoms with Crippen LogP contribution in [0.25, 0.3) is 0 Å². The first-order chi connectivity index (χ1) is 8.93. The predicted molar refractivity (Wildman–Crippen MR) is 74.2 cm³/mol. The molecule has 0 aliphatic heterocycles. The highest BCUT2D eigenvalue weighted by Crippen LogP contribution is 2.19. The van der Waals surface area contributed by atoms with Gasteiger partial charge in [0.25, 0.3) is 0 Å². The molecule has 1 atom stereocenters. The lowest BCUT2D eigenvalue weighted by Gasteiger charge is -2.14. The molecule has 1 aromatic rings. The van der Waals surface area contributed by atoms with Gasteiger partial charge >= 0.3 is 12.0 Å². The first kappa shape index (κ1) is 15.5. The fraction of sp³-hybridized carbons (Fsp3) is 0.333. The van der Waals surface area contributed by atoms with Crippen LogP contribution >= 0.6 is 15.9 Å². The van der Waals surface area contributed by atoms with Crippen LogP contribution in [0.1, 0.15) is 12.0 Å². The Balaban J connectivity index is 2.63. The Morgan fingerprint density at radius 1 is 1.42 bits per heavy atom. The monoisotopic (exact) mass is 330 g/mol. The van der Waals surface area contributed by atoms with Crippen LogP contribution in [0.3, 0.4) is 0 Å². The molecule has 0 aromatic heterocycles. The van der Waals surface area contributed by atoms with Crippen LogP contribution in [0.2, 0.25) is 0 Å². The normalized spacial score (nSPS) is 11.7. The van der Waals surface area contributed by atoms with Gasteiger partial charge in [-0.25, -0.2) is 9.59 Å². The van der Waals surface area contributed by atoms with E-state index >= 15 is 0 Å². The SMILES string of the molecule is Cc1cc(NC(=O)N[C@@H](CCO)C(=O)O)ccc1Br. The number of aryl methyl sites for hydroxylation is 1. The number of amides is 2. The van der Waals surface area contributed by atoms with Crippen molar-refractivity contribution >= 4 is 33.6 Å². The lowest BCUT2D eigenvalue weighted by Crippen LogP contribution is -2.43. The van der Waals surface area contributed by atoms with E-state index < -0.39 is 18.0 Å². The minimum absolute atomic E-state index is 0.0396. The van der Waals surface area contributed by atoms with Crippen molar-refractivity contribution in [3.8, 4) is 0 Å². The first-order valence-electron chi connectivity index (χ1n) is 5.61. The van der Waals surface area contributed by atoms with E-state index in [4.69, 9.17) is 10.2 Å². The minimum Gasteiger partial charge on any atom is -0.480 e. The molecule has 2 amide bonds. The number of aliphatic hydroxyl groups is 1. The molecule has 0 radical (unpaired) electrons. The average Bonchev–Trinajstić information content (AvgIpc) is 2.33. The zero-order valence-corrected chi connectivity index (χ0v) is 11.9. The van der Waals surface area contributed by atoms with E-state index in [9.17, 15) is 9.59 Å². The van der Waals surface area contributed by atoms with Gasteiger partial charge in [0.05, 0.1) is 0 Å². The molecule has 104 valence electrons. The number of hydrogen-bond donors (Lipinski definition) is 4. The molecule has 0 bridgehead atoms. The molecular formula is C12H15BrN2O4. The van der Waals surface area contributed by atoms with Crippen molar-refractivity contribution in [3.63, 3.8) is 0 Å². The van der Waals surface area contributed by atoms with Crippen molar-refractivity contribution in [2.24, 2.45) is 0 Å². The van der Waals surface area contributed by atoms with Crippen molar-refractivity contribution < 1.29 is 19.8 Å². The lowest BCUT2D eigenvalue weighted by molar-refractivity contribution is -0.139. The third-order valence-corrected chi connectivity index (χ3v) is 3.33. The summed E-state index contributed by atoms with van der Waals surface area (Å²) < 4.78 is 0.919. The molecule has 6 nitrogen and oxygen atoms in total. The largest absolute Gasteiger partial charge is 0.480 e. The molecule has 1 rings (SSSR count). The number of rotatable bonds is 5. The summed E-state index contributed by atoms with van der Waals surface area (Å²) in [5.74, 6) is -1.18. The second-order valence-electron chi connectivity index (χ2n) is 3.97. The van der Waals surface area contributed by atoms with Crippen LogP contribution in [0.15, 0.2) is 22.7 Å². The quantitative estimate of drug-likeness (QED) is 0.660. The number of carboxylic acids is 1. The molecule has 0 heterocycles. The van der Waals surface area contributed by atoms with Crippen molar-refractivity contribution in [3.05, 3.63) is 28.2 Å². The number of nitrogens with one attached hydrogen (secondary N) is 2. The standard InChI is InChI=1S/C12H15BrN2O4/c1-7-6-8(2-3-9(7)13)14-12(19)15-10(4-5-16)11(17)18/h2-3,6,10,16H,4-5H2,1H3,(H,17,18)(H2,14,15,19)/t10-/m0/s1. The molecule has 0 aliphatic rings. The van der Waals surface area contributed by atoms with Crippen molar-refractivity contribution in [2.45, 2.75) is 19.4 Å². The maximum Gasteiger partial charge on any atom is 0.326 e. The summed E-state index contributed by atoms with van der Waals surface area (Å²) in [6, 6.07) is 3.50. The number of carboxylic acid groups (broad SMARTS) is 1. The summed E-state index contributed by atoms with van der Waals surface area (Å²) in [4.78, 5) is 22.4. The fourth-order valence-electron chi connectivity index (χ4n) is 1.43. The Hall–Kier alpha value is -1.60. The Labute approximate surface area is 118 Å². The Morgan fingerprint density at radius 3 is 2.63 bits per heavy atom. The van der Waals surface area contributed by atoms with Crippen LogP contribution in [0, 0.1) is 6.92 Å².